The number of pyridine rings is 2. The molecule has 5 rings (SSSR count). The van der Waals surface area contributed by atoms with Gasteiger partial charge in [-0.05, 0) is 60.8 Å². The van der Waals surface area contributed by atoms with E-state index in [9.17, 15) is 9.18 Å². The Hall–Kier alpha value is -3.16. The van der Waals surface area contributed by atoms with Crippen molar-refractivity contribution >= 4 is 23.4 Å². The van der Waals surface area contributed by atoms with Crippen molar-refractivity contribution in [2.24, 2.45) is 7.05 Å². The van der Waals surface area contributed by atoms with E-state index in [1.165, 1.54) is 34.0 Å². The molecule has 0 saturated heterocycles. The fourth-order valence-electron chi connectivity index (χ4n) is 4.15. The highest BCUT2D eigenvalue weighted by Gasteiger charge is 2.18. The largest absolute Gasteiger partial charge is 0.489 e. The Morgan fingerprint density at radius 1 is 1.16 bits per heavy atom. The van der Waals surface area contributed by atoms with Crippen LogP contribution in [0.1, 0.15) is 23.2 Å². The molecule has 4 heterocycles. The second-order valence-corrected chi connectivity index (χ2v) is 7.79. The molecule has 4 aromatic rings. The quantitative estimate of drug-likeness (QED) is 0.508. The Balaban J connectivity index is 0.00000245. The van der Waals surface area contributed by atoms with Crippen molar-refractivity contribution in [1.29, 1.82) is 0 Å². The number of aryl methyl sites for hydroxylation is 1. The van der Waals surface area contributed by atoms with E-state index in [4.69, 9.17) is 9.72 Å². The molecule has 0 aliphatic carbocycles. The van der Waals surface area contributed by atoms with Gasteiger partial charge in [0, 0.05) is 36.9 Å². The molecule has 166 valence electrons. The topological polar surface area (TPSA) is 61.1 Å². The number of halogens is 2. The van der Waals surface area contributed by atoms with Crippen molar-refractivity contribution in [2.45, 2.75) is 26.0 Å². The molecular formula is C24H24ClFN4O2. The minimum absolute atomic E-state index is 0. The fourth-order valence-corrected chi connectivity index (χ4v) is 4.15. The second kappa shape index (κ2) is 9.14. The molecule has 3 aromatic heterocycles. The maximum absolute atomic E-state index is 13.0. The number of fused-ring (bicyclic) bond motifs is 3. The van der Waals surface area contributed by atoms with Gasteiger partial charge in [0.25, 0.3) is 5.56 Å². The van der Waals surface area contributed by atoms with E-state index in [2.05, 4.69) is 16.0 Å². The molecule has 0 unspecified atom stereocenters. The van der Waals surface area contributed by atoms with Gasteiger partial charge in [-0.25, -0.2) is 9.37 Å². The Bertz CT molecular complexity index is 1310. The average molecular weight is 455 g/mol. The van der Waals surface area contributed by atoms with E-state index in [-0.39, 0.29) is 30.4 Å². The molecule has 32 heavy (non-hydrogen) atoms. The van der Waals surface area contributed by atoms with E-state index >= 15 is 0 Å². The molecule has 1 aliphatic rings. The Kier molecular flexibility index (Phi) is 6.30. The van der Waals surface area contributed by atoms with E-state index in [1.807, 2.05) is 13.1 Å². The third kappa shape index (κ3) is 4.13. The van der Waals surface area contributed by atoms with Crippen molar-refractivity contribution in [2.75, 3.05) is 6.54 Å². The number of rotatable bonds is 4. The van der Waals surface area contributed by atoms with Crippen LogP contribution in [-0.4, -0.2) is 20.7 Å². The summed E-state index contributed by atoms with van der Waals surface area (Å²) in [7, 11) is 2.04. The summed E-state index contributed by atoms with van der Waals surface area (Å²) in [5.41, 5.74) is 4.10. The van der Waals surface area contributed by atoms with Crippen molar-refractivity contribution in [1.82, 2.24) is 19.4 Å². The zero-order chi connectivity index (χ0) is 21.4. The van der Waals surface area contributed by atoms with Crippen LogP contribution in [0.15, 0.2) is 59.5 Å². The van der Waals surface area contributed by atoms with Crippen LogP contribution in [0.3, 0.4) is 0 Å². The van der Waals surface area contributed by atoms with E-state index in [1.54, 1.807) is 24.4 Å². The van der Waals surface area contributed by atoms with Crippen LogP contribution in [-0.2, 0) is 26.6 Å². The van der Waals surface area contributed by atoms with Crippen LogP contribution < -0.4 is 15.6 Å². The molecule has 1 aliphatic heterocycles. The number of hydrogen-bond donors (Lipinski definition) is 1. The summed E-state index contributed by atoms with van der Waals surface area (Å²) in [6.07, 6.45) is 3.79. The van der Waals surface area contributed by atoms with Gasteiger partial charge >= 0.3 is 0 Å². The van der Waals surface area contributed by atoms with E-state index < -0.39 is 0 Å². The van der Waals surface area contributed by atoms with Gasteiger partial charge in [0.05, 0.1) is 0 Å². The van der Waals surface area contributed by atoms with Crippen LogP contribution in [0.25, 0.3) is 16.9 Å². The second-order valence-electron chi connectivity index (χ2n) is 7.79. The van der Waals surface area contributed by atoms with Gasteiger partial charge in [0.2, 0.25) is 0 Å². The number of hydrogen-bond acceptors (Lipinski definition) is 4. The lowest BCUT2D eigenvalue weighted by Crippen LogP contribution is -2.18. The van der Waals surface area contributed by atoms with Gasteiger partial charge in [-0.15, -0.1) is 12.4 Å². The maximum Gasteiger partial charge on any atom is 0.259 e. The molecule has 8 heteroatoms. The first-order valence-corrected chi connectivity index (χ1v) is 10.4. The molecule has 0 atom stereocenters. The lowest BCUT2D eigenvalue weighted by Gasteiger charge is -2.09. The van der Waals surface area contributed by atoms with Crippen LogP contribution >= 0.6 is 12.4 Å². The lowest BCUT2D eigenvalue weighted by atomic mass is 10.1. The Morgan fingerprint density at radius 2 is 1.97 bits per heavy atom. The first-order chi connectivity index (χ1) is 15.1. The standard InChI is InChI=1S/C24H23FN4O2.ClH/c1-28-21-3-2-11-26-14-20(21)19-8-9-22(27-24(19)28)29-12-10-18(13-23(29)30)31-15-16-4-6-17(25)7-5-16;/h4-10,12-13,26H,2-3,11,14-15H2,1H3;1H. The number of benzene rings is 1. The number of nitrogens with one attached hydrogen (secondary N) is 1. The maximum atomic E-state index is 13.0. The number of aromatic nitrogens is 3. The monoisotopic (exact) mass is 454 g/mol. The van der Waals surface area contributed by atoms with Gasteiger partial charge in [0.1, 0.15) is 29.6 Å². The summed E-state index contributed by atoms with van der Waals surface area (Å²) in [5, 5.41) is 4.60. The van der Waals surface area contributed by atoms with Crippen LogP contribution in [0.5, 0.6) is 5.75 Å². The van der Waals surface area contributed by atoms with Gasteiger partial charge in [-0.3, -0.25) is 9.36 Å². The van der Waals surface area contributed by atoms with Gasteiger partial charge < -0.3 is 14.6 Å². The summed E-state index contributed by atoms with van der Waals surface area (Å²) >= 11 is 0. The summed E-state index contributed by atoms with van der Waals surface area (Å²) in [4.78, 5) is 17.5. The molecule has 6 nitrogen and oxygen atoms in total. The predicted octanol–water partition coefficient (Wildman–Crippen LogP) is 3.90. The highest BCUT2D eigenvalue weighted by Crippen LogP contribution is 2.27. The minimum atomic E-state index is -0.290. The average Bonchev–Trinajstić information content (AvgIpc) is 2.93. The molecule has 0 amide bonds. The van der Waals surface area contributed by atoms with E-state index in [0.717, 1.165) is 42.5 Å². The smallest absolute Gasteiger partial charge is 0.259 e. The highest BCUT2D eigenvalue weighted by molar-refractivity contribution is 5.85. The minimum Gasteiger partial charge on any atom is -0.489 e. The summed E-state index contributed by atoms with van der Waals surface area (Å²) < 4.78 is 22.4. The molecule has 0 bridgehead atoms. The zero-order valence-electron chi connectivity index (χ0n) is 17.7. The Labute approximate surface area is 191 Å². The summed E-state index contributed by atoms with van der Waals surface area (Å²) in [6, 6.07) is 13.2. The van der Waals surface area contributed by atoms with Crippen molar-refractivity contribution in [3.63, 3.8) is 0 Å². The molecular weight excluding hydrogens is 431 g/mol. The fraction of sp³-hybridized carbons (Fsp3) is 0.250. The summed E-state index contributed by atoms with van der Waals surface area (Å²) in [6.45, 7) is 2.12. The van der Waals surface area contributed by atoms with Crippen molar-refractivity contribution in [3.05, 3.63) is 87.7 Å². The Morgan fingerprint density at radius 3 is 2.75 bits per heavy atom. The predicted molar refractivity (Wildman–Crippen MR) is 124 cm³/mol. The molecule has 0 spiro atoms. The molecule has 1 aromatic carbocycles. The van der Waals surface area contributed by atoms with Crippen LogP contribution in [0.4, 0.5) is 4.39 Å². The molecule has 0 radical (unpaired) electrons. The SMILES string of the molecule is Cl.Cn1c2c(c3ccc(-n4ccc(OCc5ccc(F)cc5)cc4=O)nc31)CNCCC2. The molecule has 0 saturated carbocycles. The van der Waals surface area contributed by atoms with E-state index in [0.29, 0.717) is 11.6 Å². The third-order valence-corrected chi connectivity index (χ3v) is 5.78. The first-order valence-electron chi connectivity index (χ1n) is 10.4. The van der Waals surface area contributed by atoms with Gasteiger partial charge in [-0.2, -0.15) is 0 Å². The third-order valence-electron chi connectivity index (χ3n) is 5.78. The first kappa shape index (κ1) is 22.0. The van der Waals surface area contributed by atoms with Crippen molar-refractivity contribution in [3.8, 4) is 11.6 Å². The van der Waals surface area contributed by atoms with Gasteiger partial charge in [0.15, 0.2) is 0 Å². The highest BCUT2D eigenvalue weighted by atomic mass is 35.5. The van der Waals surface area contributed by atoms with Crippen LogP contribution in [0.2, 0.25) is 0 Å². The number of ether oxygens (including phenoxy) is 1. The molecule has 0 fully saturated rings. The summed E-state index contributed by atoms with van der Waals surface area (Å²) in [5.74, 6) is 0.747. The van der Waals surface area contributed by atoms with Gasteiger partial charge in [-0.1, -0.05) is 12.1 Å². The van der Waals surface area contributed by atoms with Crippen LogP contribution in [0, 0.1) is 5.82 Å². The molecule has 1 N–H and O–H groups in total. The zero-order valence-corrected chi connectivity index (χ0v) is 18.5. The number of nitrogens with zero attached hydrogens (tertiary/aromatic N) is 3. The van der Waals surface area contributed by atoms with Crippen molar-refractivity contribution < 1.29 is 9.13 Å². The lowest BCUT2D eigenvalue weighted by molar-refractivity contribution is 0.305. The normalized spacial score (nSPS) is 13.3.